The summed E-state index contributed by atoms with van der Waals surface area (Å²) in [5.74, 6) is 0.362. The Morgan fingerprint density at radius 3 is 2.77 bits per heavy atom. The van der Waals surface area contributed by atoms with Gasteiger partial charge < -0.3 is 15.2 Å². The zero-order valence-electron chi connectivity index (χ0n) is 14.4. The molecule has 1 aliphatic heterocycles. The smallest absolute Gasteiger partial charge is 0.257 e. The van der Waals surface area contributed by atoms with Crippen LogP contribution >= 0.6 is 15.9 Å². The first-order chi connectivity index (χ1) is 12.6. The van der Waals surface area contributed by atoms with E-state index in [4.69, 9.17) is 5.73 Å². The first-order valence-electron chi connectivity index (χ1n) is 8.76. The van der Waals surface area contributed by atoms with Gasteiger partial charge in [0.05, 0.1) is 17.4 Å². The maximum Gasteiger partial charge on any atom is 0.257 e. The molecule has 0 bridgehead atoms. The van der Waals surface area contributed by atoms with E-state index in [1.165, 1.54) is 6.42 Å². The highest BCUT2D eigenvalue weighted by molar-refractivity contribution is 9.10. The van der Waals surface area contributed by atoms with Gasteiger partial charge in [-0.25, -0.2) is 9.97 Å². The molecule has 7 heteroatoms. The third-order valence-corrected chi connectivity index (χ3v) is 5.28. The van der Waals surface area contributed by atoms with E-state index in [9.17, 15) is 4.79 Å². The predicted octanol–water partition coefficient (Wildman–Crippen LogP) is 3.45. The van der Waals surface area contributed by atoms with Gasteiger partial charge in [0.25, 0.3) is 5.91 Å². The molecule has 0 radical (unpaired) electrons. The standard InChI is InChI=1S/C19H20BrN5O/c20-14-6-4-5-13(9-14)11-25-12-23-16-17(25)15(10-22-18(16)21)19(26)24-7-2-1-3-8-24/h4-6,9-10,12H,1-3,7-8,11H2,(H2,21,22). The number of nitrogen functional groups attached to an aromatic ring is 1. The van der Waals surface area contributed by atoms with Crippen LogP contribution in [0.4, 0.5) is 5.82 Å². The van der Waals surface area contributed by atoms with Crippen molar-refractivity contribution in [1.82, 2.24) is 19.4 Å². The molecule has 3 heterocycles. The molecule has 1 aliphatic rings. The second-order valence-corrected chi connectivity index (χ2v) is 7.53. The van der Waals surface area contributed by atoms with Crippen LogP contribution in [-0.2, 0) is 6.54 Å². The fourth-order valence-electron chi connectivity index (χ4n) is 3.48. The number of nitrogens with two attached hydrogens (primary N) is 1. The van der Waals surface area contributed by atoms with Gasteiger partial charge in [0.1, 0.15) is 5.52 Å². The molecule has 2 N–H and O–H groups in total. The van der Waals surface area contributed by atoms with Crippen LogP contribution in [0, 0.1) is 0 Å². The van der Waals surface area contributed by atoms with Crippen LogP contribution in [0.5, 0.6) is 0 Å². The number of pyridine rings is 1. The lowest BCUT2D eigenvalue weighted by molar-refractivity contribution is 0.0725. The van der Waals surface area contributed by atoms with Crippen LogP contribution in [0.2, 0.25) is 0 Å². The zero-order valence-corrected chi connectivity index (χ0v) is 15.9. The van der Waals surface area contributed by atoms with Crippen LogP contribution in [0.3, 0.4) is 0 Å². The zero-order chi connectivity index (χ0) is 18.1. The maximum absolute atomic E-state index is 13.1. The van der Waals surface area contributed by atoms with Crippen molar-refractivity contribution in [3.05, 3.63) is 52.4 Å². The molecule has 0 atom stereocenters. The van der Waals surface area contributed by atoms with Crippen molar-refractivity contribution in [3.63, 3.8) is 0 Å². The Hall–Kier alpha value is -2.41. The third-order valence-electron chi connectivity index (χ3n) is 4.78. The molecular formula is C19H20BrN5O. The Morgan fingerprint density at radius 2 is 2.00 bits per heavy atom. The average Bonchev–Trinajstić information content (AvgIpc) is 3.07. The fourth-order valence-corrected chi connectivity index (χ4v) is 3.93. The van der Waals surface area contributed by atoms with Crippen molar-refractivity contribution in [3.8, 4) is 0 Å². The second-order valence-electron chi connectivity index (χ2n) is 6.61. The van der Waals surface area contributed by atoms with Crippen molar-refractivity contribution in [2.75, 3.05) is 18.8 Å². The lowest BCUT2D eigenvalue weighted by atomic mass is 10.1. The summed E-state index contributed by atoms with van der Waals surface area (Å²) in [4.78, 5) is 23.6. The Balaban J connectivity index is 1.77. The minimum Gasteiger partial charge on any atom is -0.382 e. The molecule has 0 aliphatic carbocycles. The summed E-state index contributed by atoms with van der Waals surface area (Å²) in [5, 5.41) is 0. The first kappa shape index (κ1) is 17.0. The number of aromatic nitrogens is 3. The van der Waals surface area contributed by atoms with E-state index in [2.05, 4.69) is 32.0 Å². The third kappa shape index (κ3) is 3.19. The van der Waals surface area contributed by atoms with E-state index in [1.807, 2.05) is 27.7 Å². The SMILES string of the molecule is Nc1ncc(C(=O)N2CCCCC2)c2c1ncn2Cc1cccc(Br)c1. The number of carbonyl (C=O) groups excluding carboxylic acids is 1. The summed E-state index contributed by atoms with van der Waals surface area (Å²) >= 11 is 3.50. The van der Waals surface area contributed by atoms with Gasteiger partial charge in [-0.2, -0.15) is 0 Å². The number of fused-ring (bicyclic) bond motifs is 1. The van der Waals surface area contributed by atoms with Crippen LogP contribution < -0.4 is 5.73 Å². The van der Waals surface area contributed by atoms with Gasteiger partial charge in [0, 0.05) is 30.3 Å². The Labute approximate surface area is 160 Å². The Kier molecular flexibility index (Phi) is 4.63. The van der Waals surface area contributed by atoms with E-state index >= 15 is 0 Å². The highest BCUT2D eigenvalue weighted by Gasteiger charge is 2.23. The predicted molar refractivity (Wildman–Crippen MR) is 105 cm³/mol. The number of imidazole rings is 1. The topological polar surface area (TPSA) is 77.0 Å². The monoisotopic (exact) mass is 413 g/mol. The van der Waals surface area contributed by atoms with Crippen molar-refractivity contribution in [1.29, 1.82) is 0 Å². The largest absolute Gasteiger partial charge is 0.382 e. The quantitative estimate of drug-likeness (QED) is 0.712. The Morgan fingerprint density at radius 1 is 1.19 bits per heavy atom. The maximum atomic E-state index is 13.1. The molecule has 2 aromatic heterocycles. The van der Waals surface area contributed by atoms with Crippen LogP contribution in [0.25, 0.3) is 11.0 Å². The van der Waals surface area contributed by atoms with Crippen molar-refractivity contribution < 1.29 is 4.79 Å². The summed E-state index contributed by atoms with van der Waals surface area (Å²) in [6.45, 7) is 2.20. The number of hydrogen-bond acceptors (Lipinski definition) is 4. The summed E-state index contributed by atoms with van der Waals surface area (Å²) in [6.07, 6.45) is 6.60. The van der Waals surface area contributed by atoms with Crippen molar-refractivity contribution in [2.45, 2.75) is 25.8 Å². The van der Waals surface area contributed by atoms with Gasteiger partial charge in [-0.3, -0.25) is 4.79 Å². The molecule has 3 aromatic rings. The average molecular weight is 414 g/mol. The molecule has 1 aromatic carbocycles. The van der Waals surface area contributed by atoms with Gasteiger partial charge in [-0.05, 0) is 37.0 Å². The number of anilines is 1. The van der Waals surface area contributed by atoms with Crippen LogP contribution in [0.1, 0.15) is 35.2 Å². The molecule has 0 spiro atoms. The number of halogens is 1. The van der Waals surface area contributed by atoms with E-state index in [-0.39, 0.29) is 5.91 Å². The molecule has 6 nitrogen and oxygen atoms in total. The Bertz CT molecular complexity index is 962. The van der Waals surface area contributed by atoms with Crippen molar-refractivity contribution in [2.24, 2.45) is 0 Å². The molecule has 26 heavy (non-hydrogen) atoms. The fraction of sp³-hybridized carbons (Fsp3) is 0.316. The molecule has 4 rings (SSSR count). The van der Waals surface area contributed by atoms with Crippen LogP contribution in [0.15, 0.2) is 41.3 Å². The molecular weight excluding hydrogens is 394 g/mol. The number of likely N-dealkylation sites (tertiary alicyclic amines) is 1. The van der Waals surface area contributed by atoms with E-state index in [0.717, 1.165) is 41.5 Å². The summed E-state index contributed by atoms with van der Waals surface area (Å²) in [5.41, 5.74) is 9.05. The van der Waals surface area contributed by atoms with E-state index in [1.54, 1.807) is 12.5 Å². The van der Waals surface area contributed by atoms with E-state index < -0.39 is 0 Å². The van der Waals surface area contributed by atoms with Gasteiger partial charge in [-0.1, -0.05) is 28.1 Å². The molecule has 0 saturated carbocycles. The van der Waals surface area contributed by atoms with Gasteiger partial charge in [0.15, 0.2) is 5.82 Å². The number of piperidine rings is 1. The lowest BCUT2D eigenvalue weighted by Crippen LogP contribution is -2.36. The van der Waals surface area contributed by atoms with Crippen molar-refractivity contribution >= 4 is 38.7 Å². The number of amides is 1. The molecule has 0 unspecified atom stereocenters. The van der Waals surface area contributed by atoms with Gasteiger partial charge >= 0.3 is 0 Å². The highest BCUT2D eigenvalue weighted by atomic mass is 79.9. The number of hydrogen-bond donors (Lipinski definition) is 1. The van der Waals surface area contributed by atoms with Crippen LogP contribution in [-0.4, -0.2) is 38.4 Å². The van der Waals surface area contributed by atoms with Gasteiger partial charge in [-0.15, -0.1) is 0 Å². The number of rotatable bonds is 3. The minimum atomic E-state index is 0.0122. The summed E-state index contributed by atoms with van der Waals surface area (Å²) < 4.78 is 3.00. The lowest BCUT2D eigenvalue weighted by Gasteiger charge is -2.27. The number of nitrogens with zero attached hydrogens (tertiary/aromatic N) is 4. The minimum absolute atomic E-state index is 0.0122. The van der Waals surface area contributed by atoms with E-state index in [0.29, 0.717) is 23.4 Å². The molecule has 1 saturated heterocycles. The first-order valence-corrected chi connectivity index (χ1v) is 9.56. The number of carbonyl (C=O) groups is 1. The molecule has 1 amide bonds. The summed E-state index contributed by atoms with van der Waals surface area (Å²) in [6, 6.07) is 8.09. The highest BCUT2D eigenvalue weighted by Crippen LogP contribution is 2.25. The summed E-state index contributed by atoms with van der Waals surface area (Å²) in [7, 11) is 0. The molecule has 1 fully saturated rings. The molecule has 134 valence electrons. The normalized spacial score (nSPS) is 14.7. The number of benzene rings is 1. The second kappa shape index (κ2) is 7.07. The van der Waals surface area contributed by atoms with Gasteiger partial charge in [0.2, 0.25) is 0 Å².